The Balaban J connectivity index is 1.14. The zero-order valence-electron chi connectivity index (χ0n) is 32.4. The van der Waals surface area contributed by atoms with Crippen LogP contribution in [0.2, 0.25) is 5.02 Å². The van der Waals surface area contributed by atoms with E-state index in [0.717, 1.165) is 32.3 Å². The van der Waals surface area contributed by atoms with E-state index in [4.69, 9.17) is 21.3 Å². The zero-order valence-corrected chi connectivity index (χ0v) is 34.0. The summed E-state index contributed by atoms with van der Waals surface area (Å²) in [5, 5.41) is 22.8. The van der Waals surface area contributed by atoms with Crippen molar-refractivity contribution in [3.05, 3.63) is 97.4 Å². The van der Waals surface area contributed by atoms with Crippen LogP contribution in [0.5, 0.6) is 0 Å². The summed E-state index contributed by atoms with van der Waals surface area (Å²) in [6, 6.07) is 11.1. The summed E-state index contributed by atoms with van der Waals surface area (Å²) in [4.78, 5) is 61.4. The van der Waals surface area contributed by atoms with Crippen LogP contribution >= 0.6 is 22.9 Å². The van der Waals surface area contributed by atoms with Crippen molar-refractivity contribution in [2.75, 3.05) is 26.7 Å². The number of alkyl carbamates (subject to hydrolysis) is 1. The van der Waals surface area contributed by atoms with Gasteiger partial charge < -0.3 is 25.0 Å². The third kappa shape index (κ3) is 8.64. The van der Waals surface area contributed by atoms with Crippen molar-refractivity contribution in [1.29, 1.82) is 0 Å². The number of hydrogen-bond acceptors (Lipinski definition) is 9. The van der Waals surface area contributed by atoms with Crippen LogP contribution in [0.4, 0.5) is 4.79 Å². The van der Waals surface area contributed by atoms with Crippen LogP contribution in [0.25, 0.3) is 5.00 Å². The number of carbonyl (C=O) groups is 4. The van der Waals surface area contributed by atoms with Crippen molar-refractivity contribution in [1.82, 2.24) is 29.9 Å². The van der Waals surface area contributed by atoms with Crippen LogP contribution in [-0.4, -0.2) is 97.6 Å². The van der Waals surface area contributed by atoms with E-state index in [1.807, 2.05) is 40.7 Å². The van der Waals surface area contributed by atoms with Gasteiger partial charge in [-0.15, -0.1) is 21.5 Å². The Bertz CT molecular complexity index is 2290. The number of carboxylic acids is 1. The Kier molecular flexibility index (Phi) is 11.7. The van der Waals surface area contributed by atoms with E-state index >= 15 is 0 Å². The number of carbonyl (C=O) groups excluding carboxylic acids is 3. The summed E-state index contributed by atoms with van der Waals surface area (Å²) >= 11 is 7.90. The number of ether oxygens (including phenoxy) is 1. The van der Waals surface area contributed by atoms with E-state index in [1.54, 1.807) is 44.1 Å². The van der Waals surface area contributed by atoms with Gasteiger partial charge in [0.25, 0.3) is 5.91 Å². The van der Waals surface area contributed by atoms with Gasteiger partial charge in [-0.2, -0.15) is 0 Å². The topological polar surface area (TPSA) is 159 Å². The molecule has 1 fully saturated rings. The number of nitrogens with one attached hydrogen (secondary N) is 1. The van der Waals surface area contributed by atoms with Gasteiger partial charge in [-0.25, -0.2) is 9.59 Å². The van der Waals surface area contributed by atoms with Gasteiger partial charge in [-0.3, -0.25) is 19.1 Å². The lowest BCUT2D eigenvalue weighted by atomic mass is 9.99. The predicted octanol–water partition coefficient (Wildman–Crippen LogP) is 6.53. The van der Waals surface area contributed by atoms with E-state index in [0.29, 0.717) is 42.6 Å². The minimum Gasteiger partial charge on any atom is -0.478 e. The van der Waals surface area contributed by atoms with E-state index in [2.05, 4.69) is 41.2 Å². The quantitative estimate of drug-likeness (QED) is 0.200. The molecule has 2 aliphatic heterocycles. The molecule has 13 nitrogen and oxygen atoms in total. The second kappa shape index (κ2) is 16.3. The lowest BCUT2D eigenvalue weighted by Crippen LogP contribution is -2.47. The van der Waals surface area contributed by atoms with Gasteiger partial charge in [0, 0.05) is 58.3 Å². The maximum absolute atomic E-state index is 14.0. The monoisotopic (exact) mass is 797 g/mol. The summed E-state index contributed by atoms with van der Waals surface area (Å²) in [7, 11) is 1.71. The van der Waals surface area contributed by atoms with Crippen molar-refractivity contribution < 1.29 is 29.0 Å². The number of piperidine rings is 1. The molecule has 6 rings (SSSR count). The molecule has 1 saturated heterocycles. The van der Waals surface area contributed by atoms with E-state index < -0.39 is 23.7 Å². The first kappa shape index (κ1) is 40.2. The van der Waals surface area contributed by atoms with Crippen molar-refractivity contribution in [3.8, 4) is 16.8 Å². The summed E-state index contributed by atoms with van der Waals surface area (Å²) in [6.45, 7) is 12.1. The Labute approximate surface area is 334 Å². The smallest absolute Gasteiger partial charge is 0.408 e. The van der Waals surface area contributed by atoms with E-state index in [-0.39, 0.29) is 47.5 Å². The third-order valence-electron chi connectivity index (χ3n) is 9.85. The highest BCUT2D eigenvalue weighted by molar-refractivity contribution is 7.15. The van der Waals surface area contributed by atoms with Gasteiger partial charge in [0.15, 0.2) is 5.82 Å². The lowest BCUT2D eigenvalue weighted by molar-refractivity contribution is -0.133. The summed E-state index contributed by atoms with van der Waals surface area (Å²) in [5.74, 6) is 5.29. The van der Waals surface area contributed by atoms with Crippen LogP contribution in [0, 0.1) is 32.6 Å². The molecule has 0 spiro atoms. The number of thiophene rings is 1. The fourth-order valence-corrected chi connectivity index (χ4v) is 8.18. The molecule has 0 aliphatic carbocycles. The molecule has 56 heavy (non-hydrogen) atoms. The number of likely N-dealkylation sites (tertiary alicyclic amines) is 1. The van der Waals surface area contributed by atoms with Gasteiger partial charge in [0.2, 0.25) is 5.91 Å². The first-order chi connectivity index (χ1) is 26.5. The van der Waals surface area contributed by atoms with Crippen molar-refractivity contribution in [2.24, 2.45) is 4.99 Å². The number of halogens is 1. The SMILES string of the molecule is Cc1sc2c(c1C)C(c1ccc(Cl)cc1)=N[C@@H](CC(=O)N1CCC(N(C)C(=O)c3ccc(C(=O)O)c(C#CCNC(=O)OC(C)(C)C)c3)CC1)c1nnc(C)n1-2. The number of aromatic nitrogens is 3. The highest BCUT2D eigenvalue weighted by Crippen LogP contribution is 2.40. The molecule has 4 heterocycles. The molecule has 3 amide bonds. The minimum atomic E-state index is -1.19. The van der Waals surface area contributed by atoms with Gasteiger partial charge in [0.1, 0.15) is 22.5 Å². The molecular weight excluding hydrogens is 754 g/mol. The first-order valence-corrected chi connectivity index (χ1v) is 19.5. The van der Waals surface area contributed by atoms with Gasteiger partial charge in [-0.05, 0) is 90.3 Å². The molecule has 2 aromatic carbocycles. The number of fused-ring (bicyclic) bond motifs is 3. The maximum atomic E-state index is 14.0. The number of rotatable bonds is 7. The average molecular weight is 798 g/mol. The number of aromatic carboxylic acids is 1. The minimum absolute atomic E-state index is 0.0617. The number of benzene rings is 2. The van der Waals surface area contributed by atoms with Crippen LogP contribution in [0.1, 0.15) is 106 Å². The van der Waals surface area contributed by atoms with Crippen molar-refractivity contribution in [3.63, 3.8) is 0 Å². The molecule has 0 unspecified atom stereocenters. The molecule has 4 aromatic rings. The van der Waals surface area contributed by atoms with Crippen molar-refractivity contribution >= 4 is 52.5 Å². The number of aliphatic imine (C=N–C) groups is 1. The molecule has 2 aromatic heterocycles. The van der Waals surface area contributed by atoms with Crippen LogP contribution < -0.4 is 5.32 Å². The molecule has 2 N–H and O–H groups in total. The molecule has 15 heteroatoms. The van der Waals surface area contributed by atoms with Gasteiger partial charge in [0.05, 0.1) is 24.2 Å². The standard InChI is InChI=1S/C41H44ClN7O6S/c1-23-24(2)56-38-34(23)35(26-10-13-29(42)14-11-26)44-32(36-46-45-25(3)49(36)38)22-33(50)48-19-16-30(17-20-48)47(7)37(51)28-12-15-31(39(52)53)27(21-28)9-8-18-43-40(54)55-41(4,5)6/h10-15,21,30,32H,16-20,22H2,1-7H3,(H,43,54)(H,52,53)/t32-/m0/s1. The van der Waals surface area contributed by atoms with Crippen LogP contribution in [0.3, 0.4) is 0 Å². The Hall–Kier alpha value is -5.52. The highest BCUT2D eigenvalue weighted by Gasteiger charge is 2.35. The van der Waals surface area contributed by atoms with Gasteiger partial charge in [-0.1, -0.05) is 35.6 Å². The summed E-state index contributed by atoms with van der Waals surface area (Å²) in [5.41, 5.74) is 3.47. The average Bonchev–Trinajstić information content (AvgIpc) is 3.63. The number of carboxylic acid groups (broad SMARTS) is 1. The molecule has 1 atom stereocenters. The molecule has 2 aliphatic rings. The fraction of sp³-hybridized carbons (Fsp3) is 0.390. The summed E-state index contributed by atoms with van der Waals surface area (Å²) < 4.78 is 7.22. The number of hydrogen-bond donors (Lipinski definition) is 2. The molecule has 0 bridgehead atoms. The molecule has 0 saturated carbocycles. The summed E-state index contributed by atoms with van der Waals surface area (Å²) in [6.07, 6.45) is 0.555. The maximum Gasteiger partial charge on any atom is 0.408 e. The fourth-order valence-electron chi connectivity index (χ4n) is 6.84. The second-order valence-corrected chi connectivity index (χ2v) is 16.5. The second-order valence-electron chi connectivity index (χ2n) is 14.9. The molecule has 0 radical (unpaired) electrons. The van der Waals surface area contributed by atoms with Crippen LogP contribution in [-0.2, 0) is 9.53 Å². The molecular formula is C41H44ClN7O6S. The highest BCUT2D eigenvalue weighted by atomic mass is 35.5. The van der Waals surface area contributed by atoms with E-state index in [1.165, 1.54) is 18.2 Å². The molecule has 292 valence electrons. The Morgan fingerprint density at radius 1 is 1.05 bits per heavy atom. The largest absolute Gasteiger partial charge is 0.478 e. The number of aryl methyl sites for hydroxylation is 2. The third-order valence-corrected chi connectivity index (χ3v) is 11.3. The Morgan fingerprint density at radius 3 is 2.41 bits per heavy atom. The van der Waals surface area contributed by atoms with Crippen molar-refractivity contribution in [2.45, 2.75) is 78.5 Å². The number of nitrogens with zero attached hydrogens (tertiary/aromatic N) is 6. The predicted molar refractivity (Wildman–Crippen MR) is 214 cm³/mol. The first-order valence-electron chi connectivity index (χ1n) is 18.3. The zero-order chi connectivity index (χ0) is 40.5. The van der Waals surface area contributed by atoms with Gasteiger partial charge >= 0.3 is 12.1 Å². The Morgan fingerprint density at radius 2 is 1.75 bits per heavy atom. The van der Waals surface area contributed by atoms with E-state index in [9.17, 15) is 24.3 Å². The van der Waals surface area contributed by atoms with Crippen LogP contribution in [0.15, 0.2) is 47.5 Å². The normalized spacial score (nSPS) is 15.4. The number of amides is 3. The lowest BCUT2D eigenvalue weighted by Gasteiger charge is -2.37.